The lowest BCUT2D eigenvalue weighted by molar-refractivity contribution is 0.618. The van der Waals surface area contributed by atoms with E-state index in [1.54, 1.807) is 0 Å². The maximum absolute atomic E-state index is 6.24. The SMILES string of the molecule is Cn1ccnc1CCC(N)c1cc(Br)ccc1Br. The van der Waals surface area contributed by atoms with E-state index in [1.807, 2.05) is 36.1 Å². The molecule has 0 radical (unpaired) electrons. The zero-order valence-electron chi connectivity index (χ0n) is 10.1. The molecule has 0 amide bonds. The van der Waals surface area contributed by atoms with Gasteiger partial charge in [-0.15, -0.1) is 0 Å². The van der Waals surface area contributed by atoms with Crippen LogP contribution in [0, 0.1) is 0 Å². The number of aromatic nitrogens is 2. The van der Waals surface area contributed by atoms with Crippen molar-refractivity contribution in [3.05, 3.63) is 50.9 Å². The Bertz CT molecular complexity index is 537. The number of imidazole rings is 1. The molecule has 0 saturated carbocycles. The van der Waals surface area contributed by atoms with E-state index in [-0.39, 0.29) is 6.04 Å². The van der Waals surface area contributed by atoms with Gasteiger partial charge in [0.05, 0.1) is 0 Å². The molecule has 1 aromatic heterocycles. The summed E-state index contributed by atoms with van der Waals surface area (Å²) in [4.78, 5) is 4.31. The molecule has 1 aromatic carbocycles. The van der Waals surface area contributed by atoms with Crippen LogP contribution in [0.2, 0.25) is 0 Å². The van der Waals surface area contributed by atoms with Gasteiger partial charge in [-0.2, -0.15) is 0 Å². The third-order valence-electron chi connectivity index (χ3n) is 2.96. The van der Waals surface area contributed by atoms with Crippen molar-refractivity contribution in [2.75, 3.05) is 0 Å². The predicted molar refractivity (Wildman–Crippen MR) is 80.3 cm³/mol. The largest absolute Gasteiger partial charge is 0.338 e. The van der Waals surface area contributed by atoms with Crippen molar-refractivity contribution in [1.82, 2.24) is 9.55 Å². The maximum atomic E-state index is 6.24. The molecule has 1 heterocycles. The van der Waals surface area contributed by atoms with Crippen LogP contribution in [-0.4, -0.2) is 9.55 Å². The van der Waals surface area contributed by atoms with Crippen molar-refractivity contribution >= 4 is 31.9 Å². The lowest BCUT2D eigenvalue weighted by atomic mass is 10.0. The standard InChI is InChI=1S/C13H15Br2N3/c1-18-7-6-17-13(18)5-4-12(16)10-8-9(14)2-3-11(10)15/h2-3,6-8,12H,4-5,16H2,1H3. The first-order chi connectivity index (χ1) is 8.58. The Kier molecular flexibility index (Phi) is 4.59. The summed E-state index contributed by atoms with van der Waals surface area (Å²) in [6.07, 6.45) is 5.52. The molecule has 1 unspecified atom stereocenters. The molecule has 1 atom stereocenters. The van der Waals surface area contributed by atoms with Gasteiger partial charge in [-0.3, -0.25) is 0 Å². The van der Waals surface area contributed by atoms with E-state index in [9.17, 15) is 0 Å². The quantitative estimate of drug-likeness (QED) is 0.891. The average Bonchev–Trinajstić information content (AvgIpc) is 2.75. The first-order valence-electron chi connectivity index (χ1n) is 5.74. The summed E-state index contributed by atoms with van der Waals surface area (Å²) in [5.74, 6) is 1.07. The molecule has 2 N–H and O–H groups in total. The van der Waals surface area contributed by atoms with E-state index >= 15 is 0 Å². The molecule has 96 valence electrons. The normalized spacial score (nSPS) is 12.7. The van der Waals surface area contributed by atoms with Gasteiger partial charge < -0.3 is 10.3 Å². The van der Waals surface area contributed by atoms with E-state index in [2.05, 4.69) is 42.9 Å². The molecule has 0 fully saturated rings. The van der Waals surface area contributed by atoms with E-state index < -0.39 is 0 Å². The molecule has 0 aliphatic heterocycles. The lowest BCUT2D eigenvalue weighted by Gasteiger charge is -2.14. The van der Waals surface area contributed by atoms with Crippen molar-refractivity contribution in [2.45, 2.75) is 18.9 Å². The fourth-order valence-electron chi connectivity index (χ4n) is 1.88. The Morgan fingerprint density at radius 3 is 2.83 bits per heavy atom. The highest BCUT2D eigenvalue weighted by molar-refractivity contribution is 9.11. The molecule has 0 spiro atoms. The highest BCUT2D eigenvalue weighted by Crippen LogP contribution is 2.27. The van der Waals surface area contributed by atoms with Gasteiger partial charge in [-0.05, 0) is 30.2 Å². The molecule has 2 aromatic rings. The van der Waals surface area contributed by atoms with Crippen LogP contribution in [0.15, 0.2) is 39.5 Å². The second-order valence-electron chi connectivity index (χ2n) is 4.27. The van der Waals surface area contributed by atoms with Gasteiger partial charge in [0.25, 0.3) is 0 Å². The van der Waals surface area contributed by atoms with Gasteiger partial charge in [-0.1, -0.05) is 31.9 Å². The van der Waals surface area contributed by atoms with Gasteiger partial charge >= 0.3 is 0 Å². The van der Waals surface area contributed by atoms with Crippen LogP contribution >= 0.6 is 31.9 Å². The summed E-state index contributed by atoms with van der Waals surface area (Å²) in [6.45, 7) is 0. The third kappa shape index (κ3) is 3.22. The van der Waals surface area contributed by atoms with Gasteiger partial charge in [-0.25, -0.2) is 4.98 Å². The molecular formula is C13H15Br2N3. The van der Waals surface area contributed by atoms with Crippen LogP contribution in [0.1, 0.15) is 23.9 Å². The predicted octanol–water partition coefficient (Wildman–Crippen LogP) is 3.58. The minimum Gasteiger partial charge on any atom is -0.338 e. The second-order valence-corrected chi connectivity index (χ2v) is 6.04. The Balaban J connectivity index is 2.06. The minimum atomic E-state index is 0.00794. The van der Waals surface area contributed by atoms with Crippen molar-refractivity contribution < 1.29 is 0 Å². The number of hydrogen-bond donors (Lipinski definition) is 1. The lowest BCUT2D eigenvalue weighted by Crippen LogP contribution is -2.13. The zero-order valence-corrected chi connectivity index (χ0v) is 13.3. The topological polar surface area (TPSA) is 43.8 Å². The molecule has 3 nitrogen and oxygen atoms in total. The summed E-state index contributed by atoms with van der Waals surface area (Å²) in [7, 11) is 2.00. The van der Waals surface area contributed by atoms with Crippen LogP contribution < -0.4 is 5.73 Å². The van der Waals surface area contributed by atoms with Crippen LogP contribution in [0.4, 0.5) is 0 Å². The summed E-state index contributed by atoms with van der Waals surface area (Å²) in [6, 6.07) is 6.08. The highest BCUT2D eigenvalue weighted by atomic mass is 79.9. The van der Waals surface area contributed by atoms with Crippen LogP contribution in [0.25, 0.3) is 0 Å². The number of nitrogens with zero attached hydrogens (tertiary/aromatic N) is 2. The molecule has 18 heavy (non-hydrogen) atoms. The summed E-state index contributed by atoms with van der Waals surface area (Å²) < 4.78 is 4.13. The Morgan fingerprint density at radius 2 is 2.17 bits per heavy atom. The number of rotatable bonds is 4. The Morgan fingerprint density at radius 1 is 1.39 bits per heavy atom. The summed E-state index contributed by atoms with van der Waals surface area (Å²) in [5.41, 5.74) is 7.37. The second kappa shape index (κ2) is 5.99. The van der Waals surface area contributed by atoms with Crippen molar-refractivity contribution in [1.29, 1.82) is 0 Å². The van der Waals surface area contributed by atoms with Crippen LogP contribution in [0.5, 0.6) is 0 Å². The van der Waals surface area contributed by atoms with E-state index in [0.29, 0.717) is 0 Å². The van der Waals surface area contributed by atoms with Crippen molar-refractivity contribution in [3.63, 3.8) is 0 Å². The monoisotopic (exact) mass is 371 g/mol. The molecule has 0 aliphatic rings. The number of aryl methyl sites for hydroxylation is 2. The van der Waals surface area contributed by atoms with E-state index in [4.69, 9.17) is 5.73 Å². The first kappa shape index (κ1) is 13.8. The third-order valence-corrected chi connectivity index (χ3v) is 4.17. The molecule has 0 saturated heterocycles. The number of benzene rings is 1. The highest BCUT2D eigenvalue weighted by Gasteiger charge is 2.11. The molecule has 0 bridgehead atoms. The fourth-order valence-corrected chi connectivity index (χ4v) is 2.80. The fraction of sp³-hybridized carbons (Fsp3) is 0.308. The Hall–Kier alpha value is -0.650. The van der Waals surface area contributed by atoms with Gasteiger partial charge in [0.15, 0.2) is 0 Å². The summed E-state index contributed by atoms with van der Waals surface area (Å²) in [5, 5.41) is 0. The summed E-state index contributed by atoms with van der Waals surface area (Å²) >= 11 is 7.02. The molecule has 0 aliphatic carbocycles. The molecule has 2 rings (SSSR count). The molecular weight excluding hydrogens is 358 g/mol. The van der Waals surface area contributed by atoms with Gasteiger partial charge in [0.1, 0.15) is 5.82 Å². The number of hydrogen-bond acceptors (Lipinski definition) is 2. The van der Waals surface area contributed by atoms with Crippen molar-refractivity contribution in [2.24, 2.45) is 12.8 Å². The number of halogens is 2. The molecule has 5 heteroatoms. The van der Waals surface area contributed by atoms with E-state index in [1.165, 1.54) is 0 Å². The van der Waals surface area contributed by atoms with Crippen LogP contribution in [0.3, 0.4) is 0 Å². The maximum Gasteiger partial charge on any atom is 0.108 e. The zero-order chi connectivity index (χ0) is 13.1. The first-order valence-corrected chi connectivity index (χ1v) is 7.33. The van der Waals surface area contributed by atoms with E-state index in [0.717, 1.165) is 33.2 Å². The van der Waals surface area contributed by atoms with Gasteiger partial charge in [0.2, 0.25) is 0 Å². The smallest absolute Gasteiger partial charge is 0.108 e. The number of nitrogens with two attached hydrogens (primary N) is 1. The van der Waals surface area contributed by atoms with Crippen molar-refractivity contribution in [3.8, 4) is 0 Å². The minimum absolute atomic E-state index is 0.00794. The average molecular weight is 373 g/mol. The van der Waals surface area contributed by atoms with Gasteiger partial charge in [0, 0.05) is 40.8 Å². The Labute approximate surface area is 124 Å². The van der Waals surface area contributed by atoms with Crippen LogP contribution in [-0.2, 0) is 13.5 Å².